The van der Waals surface area contributed by atoms with Crippen LogP contribution in [0.1, 0.15) is 50.3 Å². The summed E-state index contributed by atoms with van der Waals surface area (Å²) in [5.41, 5.74) is 0.526. The van der Waals surface area contributed by atoms with Crippen LogP contribution >= 0.6 is 43.6 Å². The first-order valence-corrected chi connectivity index (χ1v) is 11.0. The summed E-state index contributed by atoms with van der Waals surface area (Å²) in [6.07, 6.45) is 2.36. The summed E-state index contributed by atoms with van der Waals surface area (Å²) in [6.45, 7) is 4.27. The molecule has 1 aliphatic rings. The predicted octanol–water partition coefficient (Wildman–Crippen LogP) is 4.79. The molecule has 0 spiro atoms. The van der Waals surface area contributed by atoms with Crippen molar-refractivity contribution in [3.05, 3.63) is 43.1 Å². The van der Waals surface area contributed by atoms with Crippen molar-refractivity contribution < 1.29 is 0 Å². The lowest BCUT2D eigenvalue weighted by Crippen LogP contribution is -2.12. The Morgan fingerprint density at radius 1 is 1.31 bits per heavy atom. The summed E-state index contributed by atoms with van der Waals surface area (Å²) in [4.78, 5) is 19.9. The molecule has 1 saturated carbocycles. The van der Waals surface area contributed by atoms with Gasteiger partial charge in [0.05, 0.1) is 16.7 Å². The molecule has 1 aliphatic carbocycles. The molecule has 0 unspecified atom stereocenters. The minimum absolute atomic E-state index is 0.140. The van der Waals surface area contributed by atoms with Crippen LogP contribution in [-0.2, 0) is 5.75 Å². The second-order valence-corrected chi connectivity index (χ2v) is 9.39. The molecule has 2 heterocycles. The van der Waals surface area contributed by atoms with Crippen molar-refractivity contribution in [3.8, 4) is 0 Å². The molecule has 4 rings (SSSR count). The summed E-state index contributed by atoms with van der Waals surface area (Å²) >= 11 is 8.46. The first-order chi connectivity index (χ1) is 12.4. The zero-order chi connectivity index (χ0) is 18.4. The van der Waals surface area contributed by atoms with E-state index in [0.29, 0.717) is 34.4 Å². The molecule has 6 nitrogen and oxygen atoms in total. The summed E-state index contributed by atoms with van der Waals surface area (Å²) in [5, 5.41) is 10.2. The second-order valence-electron chi connectivity index (χ2n) is 6.68. The second kappa shape index (κ2) is 7.09. The molecule has 26 heavy (non-hydrogen) atoms. The molecule has 0 aliphatic heterocycles. The fourth-order valence-electron chi connectivity index (χ4n) is 2.87. The Balaban J connectivity index is 1.64. The van der Waals surface area contributed by atoms with Gasteiger partial charge < -0.3 is 9.55 Å². The summed E-state index contributed by atoms with van der Waals surface area (Å²) < 4.78 is 3.88. The van der Waals surface area contributed by atoms with Crippen LogP contribution in [0.3, 0.4) is 0 Å². The largest absolute Gasteiger partial charge is 0.309 e. The van der Waals surface area contributed by atoms with Gasteiger partial charge in [0.15, 0.2) is 5.16 Å². The van der Waals surface area contributed by atoms with Gasteiger partial charge >= 0.3 is 0 Å². The molecule has 2 aromatic heterocycles. The quantitative estimate of drug-likeness (QED) is 0.511. The fourth-order valence-corrected chi connectivity index (χ4v) is 5.07. The zero-order valence-electron chi connectivity index (χ0n) is 14.3. The van der Waals surface area contributed by atoms with Gasteiger partial charge in [-0.05, 0) is 40.9 Å². The van der Waals surface area contributed by atoms with Gasteiger partial charge in [0, 0.05) is 20.9 Å². The van der Waals surface area contributed by atoms with Crippen LogP contribution in [0, 0.1) is 0 Å². The van der Waals surface area contributed by atoms with Gasteiger partial charge in [-0.25, -0.2) is 4.98 Å². The van der Waals surface area contributed by atoms with E-state index in [1.54, 1.807) is 17.8 Å². The lowest BCUT2D eigenvalue weighted by molar-refractivity contribution is 0.599. The number of H-pyrrole nitrogens is 1. The van der Waals surface area contributed by atoms with E-state index in [9.17, 15) is 4.79 Å². The molecular weight excluding hydrogens is 482 g/mol. The number of hydrogen-bond donors (Lipinski definition) is 1. The molecule has 3 aromatic rings. The van der Waals surface area contributed by atoms with E-state index in [2.05, 4.69) is 70.4 Å². The Kier molecular flexibility index (Phi) is 4.96. The number of rotatable bonds is 5. The summed E-state index contributed by atoms with van der Waals surface area (Å²) in [7, 11) is 0. The van der Waals surface area contributed by atoms with Gasteiger partial charge in [0.2, 0.25) is 0 Å². The molecule has 0 amide bonds. The molecule has 1 N–H and O–H groups in total. The molecule has 0 bridgehead atoms. The molecule has 1 fully saturated rings. The molecule has 136 valence electrons. The minimum atomic E-state index is -0.140. The lowest BCUT2D eigenvalue weighted by atomic mass is 10.2. The van der Waals surface area contributed by atoms with Gasteiger partial charge in [0.25, 0.3) is 5.56 Å². The van der Waals surface area contributed by atoms with Gasteiger partial charge in [0.1, 0.15) is 11.6 Å². The molecule has 0 saturated heterocycles. The summed E-state index contributed by atoms with van der Waals surface area (Å²) in [6, 6.07) is 4.19. The number of fused-ring (bicyclic) bond motifs is 1. The van der Waals surface area contributed by atoms with E-state index in [1.807, 2.05) is 6.07 Å². The third kappa shape index (κ3) is 3.48. The maximum absolute atomic E-state index is 12.4. The predicted molar refractivity (Wildman–Crippen MR) is 110 cm³/mol. The highest BCUT2D eigenvalue weighted by Crippen LogP contribution is 2.40. The molecule has 9 heteroatoms. The minimum Gasteiger partial charge on any atom is -0.309 e. The Hall–Kier alpha value is -1.19. The fraction of sp³-hybridized carbons (Fsp3) is 0.412. The number of halogens is 2. The first kappa shape index (κ1) is 18.2. The Labute approximate surface area is 171 Å². The lowest BCUT2D eigenvalue weighted by Gasteiger charge is -2.10. The number of nitrogens with one attached hydrogen (secondary N) is 1. The average molecular weight is 499 g/mol. The highest BCUT2D eigenvalue weighted by atomic mass is 79.9. The van der Waals surface area contributed by atoms with Crippen molar-refractivity contribution in [2.24, 2.45) is 0 Å². The van der Waals surface area contributed by atoms with Crippen molar-refractivity contribution in [2.75, 3.05) is 0 Å². The van der Waals surface area contributed by atoms with E-state index in [1.165, 1.54) is 12.8 Å². The summed E-state index contributed by atoms with van der Waals surface area (Å²) in [5.74, 6) is 2.54. The molecule has 0 atom stereocenters. The van der Waals surface area contributed by atoms with Gasteiger partial charge in [-0.3, -0.25) is 4.79 Å². The van der Waals surface area contributed by atoms with Crippen LogP contribution in [0.5, 0.6) is 0 Å². The third-order valence-corrected chi connectivity index (χ3v) is 6.25. The molecule has 1 aromatic carbocycles. The van der Waals surface area contributed by atoms with Crippen LogP contribution in [0.4, 0.5) is 0 Å². The number of aromatic amines is 1. The van der Waals surface area contributed by atoms with Gasteiger partial charge in [-0.1, -0.05) is 41.5 Å². The van der Waals surface area contributed by atoms with Crippen molar-refractivity contribution in [1.29, 1.82) is 0 Å². The maximum Gasteiger partial charge on any atom is 0.258 e. The van der Waals surface area contributed by atoms with Crippen LogP contribution in [0.2, 0.25) is 0 Å². The smallest absolute Gasteiger partial charge is 0.258 e. The monoisotopic (exact) mass is 497 g/mol. The highest BCUT2D eigenvalue weighted by Gasteiger charge is 2.30. The van der Waals surface area contributed by atoms with Crippen LogP contribution in [0.15, 0.2) is 31.0 Å². The van der Waals surface area contributed by atoms with Crippen molar-refractivity contribution >= 4 is 54.5 Å². The van der Waals surface area contributed by atoms with E-state index < -0.39 is 0 Å². The number of thioether (sulfide) groups is 1. The van der Waals surface area contributed by atoms with Gasteiger partial charge in [-0.2, -0.15) is 0 Å². The van der Waals surface area contributed by atoms with Crippen LogP contribution in [-0.4, -0.2) is 24.7 Å². The number of hydrogen-bond acceptors (Lipinski definition) is 5. The topological polar surface area (TPSA) is 76.5 Å². The Morgan fingerprint density at radius 3 is 2.77 bits per heavy atom. The van der Waals surface area contributed by atoms with Crippen molar-refractivity contribution in [2.45, 2.75) is 49.6 Å². The normalized spacial score (nSPS) is 14.5. The zero-order valence-corrected chi connectivity index (χ0v) is 18.3. The Morgan fingerprint density at radius 2 is 2.08 bits per heavy atom. The van der Waals surface area contributed by atoms with Crippen molar-refractivity contribution in [3.63, 3.8) is 0 Å². The first-order valence-electron chi connectivity index (χ1n) is 8.39. The number of nitrogens with zero attached hydrogens (tertiary/aromatic N) is 4. The Bertz CT molecular complexity index is 1040. The SMILES string of the molecule is CC(C)c1nnc(SCc2nc3c(Br)cc(Br)cc3c(=O)[nH]2)n1C1CC1. The van der Waals surface area contributed by atoms with Crippen LogP contribution < -0.4 is 5.56 Å². The maximum atomic E-state index is 12.4. The van der Waals surface area contributed by atoms with Crippen molar-refractivity contribution in [1.82, 2.24) is 24.7 Å². The van der Waals surface area contributed by atoms with E-state index in [0.717, 1.165) is 19.9 Å². The molecular formula is C17H17Br2N5OS. The van der Waals surface area contributed by atoms with E-state index >= 15 is 0 Å². The standard InChI is InChI=1S/C17H17Br2N5OS/c1-8(2)15-22-23-17(24(15)10-3-4-10)26-7-13-20-14-11(16(25)21-13)5-9(18)6-12(14)19/h5-6,8,10H,3-4,7H2,1-2H3,(H,20,21,25). The average Bonchev–Trinajstić information content (AvgIpc) is 3.33. The third-order valence-electron chi connectivity index (χ3n) is 4.23. The molecule has 0 radical (unpaired) electrons. The number of benzene rings is 1. The van der Waals surface area contributed by atoms with E-state index in [-0.39, 0.29) is 5.56 Å². The number of aromatic nitrogens is 5. The highest BCUT2D eigenvalue weighted by molar-refractivity contribution is 9.11. The van der Waals surface area contributed by atoms with Gasteiger partial charge in [-0.15, -0.1) is 10.2 Å². The van der Waals surface area contributed by atoms with E-state index in [4.69, 9.17) is 0 Å². The van der Waals surface area contributed by atoms with Crippen LogP contribution in [0.25, 0.3) is 10.9 Å².